The van der Waals surface area contributed by atoms with Crippen LogP contribution in [0.3, 0.4) is 0 Å². The van der Waals surface area contributed by atoms with Crippen molar-refractivity contribution in [1.29, 1.82) is 0 Å². The van der Waals surface area contributed by atoms with E-state index in [4.69, 9.17) is 32.7 Å². The number of carbonyl (C=O) groups excluding carboxylic acids is 3. The fourth-order valence-electron chi connectivity index (χ4n) is 3.49. The zero-order valence-corrected chi connectivity index (χ0v) is 23.6. The van der Waals surface area contributed by atoms with E-state index >= 15 is 0 Å². The molecule has 2 aromatic rings. The Kier molecular flexibility index (Phi) is 13.8. The van der Waals surface area contributed by atoms with Crippen LogP contribution in [0, 0.1) is 0 Å². The summed E-state index contributed by atoms with van der Waals surface area (Å²) in [6.45, 7) is 3.68. The third-order valence-electron chi connectivity index (χ3n) is 5.47. The standard InChI is InChI=1S/C26H33Cl2N3O5S/c1-4-5-6-13-31(14-8-15-35-2)25(33)22(30-23(32)18-10-11-20(27)21(28)16-18)17-37-24-19(26(34)36-3)9-7-12-29-24/h7,9-12,16,22H,4-6,8,13-15,17H2,1-3H3,(H,30,32)/t22-/m0/s1. The number of benzene rings is 1. The molecule has 37 heavy (non-hydrogen) atoms. The van der Waals surface area contributed by atoms with E-state index in [1.807, 2.05) is 0 Å². The number of aromatic nitrogens is 1. The van der Waals surface area contributed by atoms with Gasteiger partial charge < -0.3 is 19.7 Å². The fraction of sp³-hybridized carbons (Fsp3) is 0.462. The summed E-state index contributed by atoms with van der Waals surface area (Å²) < 4.78 is 10.0. The van der Waals surface area contributed by atoms with Crippen LogP contribution in [0.25, 0.3) is 0 Å². The highest BCUT2D eigenvalue weighted by Crippen LogP contribution is 2.24. The van der Waals surface area contributed by atoms with E-state index in [0.717, 1.165) is 19.3 Å². The van der Waals surface area contributed by atoms with Gasteiger partial charge in [0.05, 0.1) is 22.7 Å². The summed E-state index contributed by atoms with van der Waals surface area (Å²) in [6.07, 6.45) is 5.08. The lowest BCUT2D eigenvalue weighted by atomic mass is 10.1. The Morgan fingerprint density at radius 3 is 2.51 bits per heavy atom. The Labute approximate surface area is 232 Å². The minimum absolute atomic E-state index is 0.154. The average molecular weight is 571 g/mol. The topological polar surface area (TPSA) is 97.8 Å². The van der Waals surface area contributed by atoms with Crippen molar-refractivity contribution in [2.75, 3.05) is 39.7 Å². The van der Waals surface area contributed by atoms with Gasteiger partial charge in [-0.15, -0.1) is 11.8 Å². The number of hydrogen-bond donors (Lipinski definition) is 1. The van der Waals surface area contributed by atoms with Crippen LogP contribution >= 0.6 is 35.0 Å². The number of esters is 1. The van der Waals surface area contributed by atoms with Crippen molar-refractivity contribution in [3.05, 3.63) is 57.7 Å². The van der Waals surface area contributed by atoms with Gasteiger partial charge in [0.2, 0.25) is 5.91 Å². The zero-order valence-electron chi connectivity index (χ0n) is 21.3. The molecule has 0 unspecified atom stereocenters. The smallest absolute Gasteiger partial charge is 0.340 e. The molecule has 8 nitrogen and oxygen atoms in total. The number of rotatable bonds is 15. The summed E-state index contributed by atoms with van der Waals surface area (Å²) in [6, 6.07) is 6.89. The van der Waals surface area contributed by atoms with E-state index in [-0.39, 0.29) is 27.8 Å². The molecule has 0 aliphatic carbocycles. The first-order valence-electron chi connectivity index (χ1n) is 12.0. The molecule has 0 spiro atoms. The molecule has 1 N–H and O–H groups in total. The minimum Gasteiger partial charge on any atom is -0.465 e. The number of methoxy groups -OCH3 is 2. The maximum Gasteiger partial charge on any atom is 0.340 e. The predicted molar refractivity (Wildman–Crippen MR) is 147 cm³/mol. The number of nitrogens with zero attached hydrogens (tertiary/aromatic N) is 2. The number of thioether (sulfide) groups is 1. The maximum absolute atomic E-state index is 13.7. The summed E-state index contributed by atoms with van der Waals surface area (Å²) in [5.74, 6) is -1.05. The Hall–Kier alpha value is -2.33. The first-order chi connectivity index (χ1) is 17.8. The molecule has 0 bridgehead atoms. The summed E-state index contributed by atoms with van der Waals surface area (Å²) in [7, 11) is 2.91. The molecule has 11 heteroatoms. The van der Waals surface area contributed by atoms with Crippen molar-refractivity contribution in [3.8, 4) is 0 Å². The average Bonchev–Trinajstić information content (AvgIpc) is 2.91. The maximum atomic E-state index is 13.7. The molecule has 0 saturated carbocycles. The van der Waals surface area contributed by atoms with Gasteiger partial charge in [-0.3, -0.25) is 9.59 Å². The van der Waals surface area contributed by atoms with E-state index in [1.165, 1.54) is 31.0 Å². The molecule has 202 valence electrons. The van der Waals surface area contributed by atoms with Crippen LogP contribution in [0.5, 0.6) is 0 Å². The van der Waals surface area contributed by atoms with E-state index in [0.29, 0.717) is 36.2 Å². The summed E-state index contributed by atoms with van der Waals surface area (Å²) in [5, 5.41) is 3.82. The number of hydrogen-bond acceptors (Lipinski definition) is 7. The highest BCUT2D eigenvalue weighted by Gasteiger charge is 2.27. The second kappa shape index (κ2) is 16.5. The number of carbonyl (C=O) groups is 3. The summed E-state index contributed by atoms with van der Waals surface area (Å²) in [5.41, 5.74) is 0.569. The number of ether oxygens (including phenoxy) is 2. The van der Waals surface area contributed by atoms with Gasteiger partial charge in [-0.25, -0.2) is 9.78 Å². The van der Waals surface area contributed by atoms with Gasteiger partial charge in [-0.1, -0.05) is 43.0 Å². The molecule has 2 rings (SSSR count). The quantitative estimate of drug-likeness (QED) is 0.180. The number of amides is 2. The number of nitrogens with one attached hydrogen (secondary N) is 1. The SMILES string of the molecule is CCCCCN(CCCOC)C(=O)[C@H](CSc1ncccc1C(=O)OC)NC(=O)c1ccc(Cl)c(Cl)c1. The lowest BCUT2D eigenvalue weighted by Crippen LogP contribution is -2.50. The first-order valence-corrected chi connectivity index (χ1v) is 13.8. The third kappa shape index (κ3) is 9.81. The highest BCUT2D eigenvalue weighted by molar-refractivity contribution is 7.99. The van der Waals surface area contributed by atoms with Crippen molar-refractivity contribution in [2.24, 2.45) is 0 Å². The Morgan fingerprint density at radius 1 is 1.08 bits per heavy atom. The molecule has 0 aliphatic rings. The first kappa shape index (κ1) is 30.9. The van der Waals surface area contributed by atoms with E-state index in [1.54, 1.807) is 36.4 Å². The summed E-state index contributed by atoms with van der Waals surface area (Å²) in [4.78, 5) is 45.0. The van der Waals surface area contributed by atoms with E-state index in [2.05, 4.69) is 17.2 Å². The Morgan fingerprint density at radius 2 is 1.84 bits per heavy atom. The molecule has 0 aliphatic heterocycles. The fourth-order valence-corrected chi connectivity index (χ4v) is 4.78. The van der Waals surface area contributed by atoms with Crippen molar-refractivity contribution in [1.82, 2.24) is 15.2 Å². The van der Waals surface area contributed by atoms with Crippen LogP contribution in [0.15, 0.2) is 41.6 Å². The largest absolute Gasteiger partial charge is 0.465 e. The van der Waals surface area contributed by atoms with Crippen LogP contribution in [-0.2, 0) is 14.3 Å². The summed E-state index contributed by atoms with van der Waals surface area (Å²) >= 11 is 13.3. The molecular formula is C26H33Cl2N3O5S. The lowest BCUT2D eigenvalue weighted by Gasteiger charge is -2.28. The van der Waals surface area contributed by atoms with Gasteiger partial charge in [-0.2, -0.15) is 0 Å². The normalized spacial score (nSPS) is 11.6. The molecule has 2 amide bonds. The van der Waals surface area contributed by atoms with Crippen LogP contribution in [0.4, 0.5) is 0 Å². The molecule has 1 aromatic carbocycles. The molecule has 1 atom stereocenters. The van der Waals surface area contributed by atoms with Gasteiger partial charge in [0.1, 0.15) is 11.1 Å². The lowest BCUT2D eigenvalue weighted by molar-refractivity contribution is -0.133. The van der Waals surface area contributed by atoms with Crippen LogP contribution in [0.2, 0.25) is 10.0 Å². The monoisotopic (exact) mass is 569 g/mol. The molecule has 0 saturated heterocycles. The van der Waals surface area contributed by atoms with Gasteiger partial charge in [0, 0.05) is 44.3 Å². The molecule has 1 aromatic heterocycles. The molecular weight excluding hydrogens is 537 g/mol. The second-order valence-corrected chi connectivity index (χ2v) is 10.0. The minimum atomic E-state index is -0.886. The van der Waals surface area contributed by atoms with Gasteiger partial charge in [0.15, 0.2) is 0 Å². The number of unbranched alkanes of at least 4 members (excludes halogenated alkanes) is 2. The number of halogens is 2. The van der Waals surface area contributed by atoms with Crippen molar-refractivity contribution < 1.29 is 23.9 Å². The zero-order chi connectivity index (χ0) is 27.2. The second-order valence-electron chi connectivity index (χ2n) is 8.19. The van der Waals surface area contributed by atoms with Gasteiger partial charge in [0.25, 0.3) is 5.91 Å². The highest BCUT2D eigenvalue weighted by atomic mass is 35.5. The van der Waals surface area contributed by atoms with E-state index in [9.17, 15) is 14.4 Å². The van der Waals surface area contributed by atoms with Crippen LogP contribution in [-0.4, -0.2) is 73.4 Å². The number of pyridine rings is 1. The third-order valence-corrected chi connectivity index (χ3v) is 7.31. The van der Waals surface area contributed by atoms with Crippen LogP contribution in [0.1, 0.15) is 53.3 Å². The van der Waals surface area contributed by atoms with Crippen LogP contribution < -0.4 is 5.32 Å². The van der Waals surface area contributed by atoms with Crippen molar-refractivity contribution in [2.45, 2.75) is 43.7 Å². The predicted octanol–water partition coefficient (Wildman–Crippen LogP) is 5.12. The van der Waals surface area contributed by atoms with Gasteiger partial charge >= 0.3 is 5.97 Å². The van der Waals surface area contributed by atoms with Crippen molar-refractivity contribution >= 4 is 52.7 Å². The molecule has 0 fully saturated rings. The van der Waals surface area contributed by atoms with E-state index < -0.39 is 17.9 Å². The van der Waals surface area contributed by atoms with Gasteiger partial charge in [-0.05, 0) is 43.2 Å². The molecule has 1 heterocycles. The van der Waals surface area contributed by atoms with Crippen molar-refractivity contribution in [3.63, 3.8) is 0 Å². The molecule has 0 radical (unpaired) electrons. The Balaban J connectivity index is 2.30. The Bertz CT molecular complexity index is 1050.